The zero-order chi connectivity index (χ0) is 12.5. The Morgan fingerprint density at radius 3 is 2.19 bits per heavy atom. The van der Waals surface area contributed by atoms with Gasteiger partial charge in [-0.25, -0.2) is 4.79 Å². The van der Waals surface area contributed by atoms with E-state index in [1.54, 1.807) is 0 Å². The zero-order valence-electron chi connectivity index (χ0n) is 8.31. The van der Waals surface area contributed by atoms with Gasteiger partial charge in [-0.3, -0.25) is 4.79 Å². The predicted octanol–water partition coefficient (Wildman–Crippen LogP) is -2.56. The highest BCUT2D eigenvalue weighted by molar-refractivity contribution is 5.74. The first-order valence-electron chi connectivity index (χ1n) is 4.44. The zero-order valence-corrected chi connectivity index (χ0v) is 8.31. The maximum atomic E-state index is 10.7. The topological polar surface area (TPSA) is 134 Å². The van der Waals surface area contributed by atoms with E-state index in [9.17, 15) is 19.8 Å². The monoisotopic (exact) mass is 236 g/mol. The second kappa shape index (κ2) is 4.74. The highest BCUT2D eigenvalue weighted by Gasteiger charge is 2.49. The molecule has 1 fully saturated rings. The van der Waals surface area contributed by atoms with Crippen LogP contribution in [0.1, 0.15) is 6.92 Å². The molecule has 92 valence electrons. The van der Waals surface area contributed by atoms with Crippen LogP contribution in [0.5, 0.6) is 0 Å². The third-order valence-corrected chi connectivity index (χ3v) is 2.11. The third kappa shape index (κ3) is 2.47. The van der Waals surface area contributed by atoms with E-state index < -0.39 is 42.6 Å². The van der Waals surface area contributed by atoms with Crippen LogP contribution in [-0.2, 0) is 19.1 Å². The van der Waals surface area contributed by atoms with Gasteiger partial charge in [0.15, 0.2) is 18.5 Å². The Kier molecular flexibility index (Phi) is 3.81. The molecule has 1 rings (SSSR count). The van der Waals surface area contributed by atoms with Crippen LogP contribution in [0, 0.1) is 0 Å². The van der Waals surface area contributed by atoms with E-state index in [4.69, 9.17) is 10.2 Å². The summed E-state index contributed by atoms with van der Waals surface area (Å²) in [5.74, 6) is -2.35. The van der Waals surface area contributed by atoms with Crippen LogP contribution in [0.4, 0.5) is 0 Å². The van der Waals surface area contributed by atoms with Crippen LogP contribution in [0.3, 0.4) is 0 Å². The number of esters is 1. The normalized spacial score (nSPS) is 39.1. The van der Waals surface area contributed by atoms with Crippen molar-refractivity contribution in [2.75, 3.05) is 0 Å². The summed E-state index contributed by atoms with van der Waals surface area (Å²) in [7, 11) is 0. The number of carboxylic acid groups (broad SMARTS) is 1. The molecule has 0 aromatic heterocycles. The van der Waals surface area contributed by atoms with Crippen molar-refractivity contribution in [2.24, 2.45) is 0 Å². The van der Waals surface area contributed by atoms with E-state index in [1.165, 1.54) is 0 Å². The lowest BCUT2D eigenvalue weighted by Gasteiger charge is -2.38. The lowest BCUT2D eigenvalue weighted by molar-refractivity contribution is -0.282. The number of aliphatic carboxylic acids is 1. The van der Waals surface area contributed by atoms with E-state index in [0.29, 0.717) is 0 Å². The van der Waals surface area contributed by atoms with E-state index >= 15 is 0 Å². The summed E-state index contributed by atoms with van der Waals surface area (Å²) in [6, 6.07) is 0. The average molecular weight is 236 g/mol. The smallest absolute Gasteiger partial charge is 0.336 e. The van der Waals surface area contributed by atoms with Gasteiger partial charge in [0.25, 0.3) is 0 Å². The Morgan fingerprint density at radius 2 is 1.75 bits per heavy atom. The van der Waals surface area contributed by atoms with Gasteiger partial charge >= 0.3 is 11.9 Å². The Morgan fingerprint density at radius 1 is 1.19 bits per heavy atom. The van der Waals surface area contributed by atoms with Crippen LogP contribution < -0.4 is 0 Å². The van der Waals surface area contributed by atoms with E-state index in [0.717, 1.165) is 6.92 Å². The first-order chi connectivity index (χ1) is 7.34. The molecule has 1 aliphatic heterocycles. The molecule has 0 saturated carbocycles. The first-order valence-corrected chi connectivity index (χ1v) is 4.44. The molecule has 0 aromatic carbocycles. The minimum atomic E-state index is -1.84. The summed E-state index contributed by atoms with van der Waals surface area (Å²) in [5.41, 5.74) is 0. The van der Waals surface area contributed by atoms with Crippen molar-refractivity contribution in [1.29, 1.82) is 0 Å². The Balaban J connectivity index is 2.88. The summed E-state index contributed by atoms with van der Waals surface area (Å²) in [6.07, 6.45) is -8.60. The van der Waals surface area contributed by atoms with Gasteiger partial charge in [0, 0.05) is 6.92 Å². The molecule has 1 heterocycles. The van der Waals surface area contributed by atoms with Crippen molar-refractivity contribution in [1.82, 2.24) is 0 Å². The van der Waals surface area contributed by atoms with Crippen LogP contribution in [0.2, 0.25) is 0 Å². The number of carbonyl (C=O) groups excluding carboxylic acids is 1. The molecule has 8 nitrogen and oxygen atoms in total. The molecule has 0 amide bonds. The maximum absolute atomic E-state index is 10.7. The number of aliphatic hydroxyl groups excluding tert-OH is 3. The van der Waals surface area contributed by atoms with Gasteiger partial charge in [-0.2, -0.15) is 0 Å². The molecular weight excluding hydrogens is 224 g/mol. The fourth-order valence-electron chi connectivity index (χ4n) is 1.37. The molecule has 0 radical (unpaired) electrons. The molecule has 4 N–H and O–H groups in total. The summed E-state index contributed by atoms with van der Waals surface area (Å²) in [4.78, 5) is 21.4. The number of carboxylic acids is 1. The van der Waals surface area contributed by atoms with Gasteiger partial charge in [-0.1, -0.05) is 0 Å². The van der Waals surface area contributed by atoms with Crippen molar-refractivity contribution in [2.45, 2.75) is 37.6 Å². The van der Waals surface area contributed by atoms with Crippen LogP contribution in [0.25, 0.3) is 0 Å². The molecule has 5 atom stereocenters. The lowest BCUT2D eigenvalue weighted by Crippen LogP contribution is -2.60. The fourth-order valence-corrected chi connectivity index (χ4v) is 1.37. The predicted molar refractivity (Wildman–Crippen MR) is 46.1 cm³/mol. The third-order valence-electron chi connectivity index (χ3n) is 2.11. The summed E-state index contributed by atoms with van der Waals surface area (Å²) in [5, 5.41) is 36.5. The molecule has 0 spiro atoms. The standard InChI is InChI=1S/C8H12O8/c1-2(9)15-5-3(10)4(11)8(14)16-6(5)7(12)13/h3-6,8,10-11,14H,1H3,(H,12,13)/t3-,4-,5-,6+,8+/m1/s1. The number of aliphatic hydroxyl groups is 3. The molecule has 0 aromatic rings. The minimum Gasteiger partial charge on any atom is -0.479 e. The Hall–Kier alpha value is -1.22. The minimum absolute atomic E-state index is 0.831. The molecule has 1 aliphatic rings. The highest BCUT2D eigenvalue weighted by Crippen LogP contribution is 2.22. The van der Waals surface area contributed by atoms with Crippen molar-refractivity contribution >= 4 is 11.9 Å². The number of hydrogen-bond donors (Lipinski definition) is 4. The maximum Gasteiger partial charge on any atom is 0.336 e. The average Bonchev–Trinajstić information content (AvgIpc) is 2.17. The SMILES string of the molecule is CC(=O)O[C@@H]1[C@H](O)[C@@H](O)[C@@H](O)O[C@@H]1C(=O)O. The van der Waals surface area contributed by atoms with Gasteiger partial charge in [0.2, 0.25) is 0 Å². The quantitative estimate of drug-likeness (QED) is 0.385. The molecule has 16 heavy (non-hydrogen) atoms. The highest BCUT2D eigenvalue weighted by atomic mass is 16.7. The number of ether oxygens (including phenoxy) is 2. The van der Waals surface area contributed by atoms with Gasteiger partial charge in [-0.15, -0.1) is 0 Å². The van der Waals surface area contributed by atoms with E-state index in [-0.39, 0.29) is 0 Å². The van der Waals surface area contributed by atoms with Crippen molar-refractivity contribution < 1.29 is 39.5 Å². The van der Waals surface area contributed by atoms with Crippen molar-refractivity contribution in [3.05, 3.63) is 0 Å². The molecule has 8 heteroatoms. The molecule has 0 bridgehead atoms. The molecule has 1 saturated heterocycles. The van der Waals surface area contributed by atoms with Gasteiger partial charge in [0.1, 0.15) is 12.2 Å². The van der Waals surface area contributed by atoms with Crippen molar-refractivity contribution in [3.8, 4) is 0 Å². The second-order valence-corrected chi connectivity index (χ2v) is 3.34. The number of rotatable bonds is 2. The molecule has 0 unspecified atom stereocenters. The van der Waals surface area contributed by atoms with Crippen LogP contribution in [-0.4, -0.2) is 63.1 Å². The van der Waals surface area contributed by atoms with Gasteiger partial charge in [-0.05, 0) is 0 Å². The Bertz CT molecular complexity index is 290. The Labute approximate surface area is 90.0 Å². The van der Waals surface area contributed by atoms with E-state index in [1.807, 2.05) is 0 Å². The molecule has 0 aliphatic carbocycles. The van der Waals surface area contributed by atoms with Gasteiger partial charge < -0.3 is 29.9 Å². The summed E-state index contributed by atoms with van der Waals surface area (Å²) < 4.78 is 9.04. The number of carbonyl (C=O) groups is 2. The largest absolute Gasteiger partial charge is 0.479 e. The number of hydrogen-bond acceptors (Lipinski definition) is 7. The first kappa shape index (κ1) is 12.8. The van der Waals surface area contributed by atoms with Crippen LogP contribution >= 0.6 is 0 Å². The van der Waals surface area contributed by atoms with E-state index in [2.05, 4.69) is 9.47 Å². The summed E-state index contributed by atoms with van der Waals surface area (Å²) >= 11 is 0. The van der Waals surface area contributed by atoms with Crippen LogP contribution in [0.15, 0.2) is 0 Å². The van der Waals surface area contributed by atoms with Gasteiger partial charge in [0.05, 0.1) is 0 Å². The summed E-state index contributed by atoms with van der Waals surface area (Å²) in [6.45, 7) is 1.02. The second-order valence-electron chi connectivity index (χ2n) is 3.34. The lowest BCUT2D eigenvalue weighted by atomic mass is 9.99. The fraction of sp³-hybridized carbons (Fsp3) is 0.750. The van der Waals surface area contributed by atoms with Crippen molar-refractivity contribution in [3.63, 3.8) is 0 Å². The molecular formula is C8H12O8.